The molecule has 0 saturated heterocycles. The van der Waals surface area contributed by atoms with Crippen LogP contribution in [-0.4, -0.2) is 11.7 Å². The van der Waals surface area contributed by atoms with Crippen molar-refractivity contribution in [3.63, 3.8) is 0 Å². The van der Waals surface area contributed by atoms with Crippen LogP contribution in [0.15, 0.2) is 18.2 Å². The van der Waals surface area contributed by atoms with Crippen molar-refractivity contribution in [1.29, 1.82) is 0 Å². The van der Waals surface area contributed by atoms with Crippen molar-refractivity contribution in [3.8, 4) is 5.75 Å². The minimum Gasteiger partial charge on any atom is -0.490 e. The molecule has 0 unspecified atom stereocenters. The first-order chi connectivity index (χ1) is 7.97. The number of halogens is 1. The fourth-order valence-electron chi connectivity index (χ4n) is 1.87. The van der Waals surface area contributed by atoms with Crippen LogP contribution in [0.3, 0.4) is 0 Å². The average Bonchev–Trinajstić information content (AvgIpc) is 2.16. The molecule has 0 spiro atoms. The van der Waals surface area contributed by atoms with Crippen molar-refractivity contribution < 1.29 is 14.2 Å². The third-order valence-electron chi connectivity index (χ3n) is 3.34. The van der Waals surface area contributed by atoms with Gasteiger partial charge in [0.25, 0.3) is 0 Å². The minimum atomic E-state index is -1.02. The first kappa shape index (κ1) is 12.4. The molecule has 94 valence electrons. The molecule has 2 rings (SSSR count). The van der Waals surface area contributed by atoms with Crippen LogP contribution < -0.4 is 4.74 Å². The zero-order valence-corrected chi connectivity index (χ0v) is 10.4. The standard InChI is InChI=1S/C14H19FO2/c1-14(2,16)11-6-7-13(12(15)8-11)17-9-10-4-3-5-10/h6-8,10,16H,3-5,9H2,1-2H3. The van der Waals surface area contributed by atoms with Gasteiger partial charge in [-0.05, 0) is 50.3 Å². The summed E-state index contributed by atoms with van der Waals surface area (Å²) in [6.07, 6.45) is 3.63. The van der Waals surface area contributed by atoms with Gasteiger partial charge in [-0.2, -0.15) is 0 Å². The van der Waals surface area contributed by atoms with Crippen molar-refractivity contribution in [2.24, 2.45) is 5.92 Å². The average molecular weight is 238 g/mol. The van der Waals surface area contributed by atoms with Crippen molar-refractivity contribution in [2.45, 2.75) is 38.7 Å². The molecule has 2 nitrogen and oxygen atoms in total. The van der Waals surface area contributed by atoms with Crippen molar-refractivity contribution in [3.05, 3.63) is 29.6 Å². The maximum Gasteiger partial charge on any atom is 0.165 e. The minimum absolute atomic E-state index is 0.282. The highest BCUT2D eigenvalue weighted by Gasteiger charge is 2.20. The molecular weight excluding hydrogens is 219 g/mol. The van der Waals surface area contributed by atoms with E-state index in [0.717, 1.165) is 0 Å². The Morgan fingerprint density at radius 2 is 2.12 bits per heavy atom. The zero-order chi connectivity index (χ0) is 12.5. The molecule has 3 heteroatoms. The summed E-state index contributed by atoms with van der Waals surface area (Å²) < 4.78 is 19.2. The monoisotopic (exact) mass is 238 g/mol. The zero-order valence-electron chi connectivity index (χ0n) is 10.4. The van der Waals surface area contributed by atoms with E-state index in [1.807, 2.05) is 0 Å². The maximum absolute atomic E-state index is 13.7. The van der Waals surface area contributed by atoms with Crippen LogP contribution in [0.5, 0.6) is 5.75 Å². The number of hydrogen-bond donors (Lipinski definition) is 1. The Hall–Kier alpha value is -1.09. The molecule has 17 heavy (non-hydrogen) atoms. The number of ether oxygens (including phenoxy) is 1. The van der Waals surface area contributed by atoms with E-state index in [4.69, 9.17) is 4.74 Å². The number of benzene rings is 1. The predicted molar refractivity (Wildman–Crippen MR) is 64.5 cm³/mol. The van der Waals surface area contributed by atoms with Gasteiger partial charge in [-0.25, -0.2) is 4.39 Å². The highest BCUT2D eigenvalue weighted by Crippen LogP contribution is 2.29. The second kappa shape index (κ2) is 4.65. The second-order valence-corrected chi connectivity index (χ2v) is 5.31. The Morgan fingerprint density at radius 3 is 2.59 bits per heavy atom. The molecule has 0 amide bonds. The Kier molecular flexibility index (Phi) is 3.38. The van der Waals surface area contributed by atoms with Crippen LogP contribution in [0, 0.1) is 11.7 Å². The van der Waals surface area contributed by atoms with Gasteiger partial charge in [-0.15, -0.1) is 0 Å². The van der Waals surface area contributed by atoms with Crippen molar-refractivity contribution in [2.75, 3.05) is 6.61 Å². The Morgan fingerprint density at radius 1 is 1.41 bits per heavy atom. The molecule has 1 aromatic carbocycles. The molecule has 0 aliphatic heterocycles. The SMILES string of the molecule is CC(C)(O)c1ccc(OCC2CCC2)c(F)c1. The summed E-state index contributed by atoms with van der Waals surface area (Å²) in [6.45, 7) is 3.87. The lowest BCUT2D eigenvalue weighted by Gasteiger charge is -2.25. The molecule has 1 N–H and O–H groups in total. The molecule has 0 heterocycles. The summed E-state index contributed by atoms with van der Waals surface area (Å²) in [5.74, 6) is 0.470. The third-order valence-corrected chi connectivity index (χ3v) is 3.34. The van der Waals surface area contributed by atoms with Gasteiger partial charge in [0.05, 0.1) is 12.2 Å². The summed E-state index contributed by atoms with van der Waals surface area (Å²) >= 11 is 0. The molecule has 1 aromatic rings. The van der Waals surface area contributed by atoms with Crippen molar-refractivity contribution >= 4 is 0 Å². The Bertz CT molecular complexity index is 392. The molecule has 0 radical (unpaired) electrons. The predicted octanol–water partition coefficient (Wildman–Crippen LogP) is 3.23. The molecule has 0 bridgehead atoms. The molecule has 0 aromatic heterocycles. The normalized spacial score (nSPS) is 16.7. The maximum atomic E-state index is 13.7. The lowest BCUT2D eigenvalue weighted by molar-refractivity contribution is 0.0780. The van der Waals surface area contributed by atoms with Crippen molar-refractivity contribution in [1.82, 2.24) is 0 Å². The van der Waals surface area contributed by atoms with Gasteiger partial charge in [0, 0.05) is 0 Å². The van der Waals surface area contributed by atoms with Gasteiger partial charge in [0.1, 0.15) is 0 Å². The van der Waals surface area contributed by atoms with Gasteiger partial charge >= 0.3 is 0 Å². The van der Waals surface area contributed by atoms with Gasteiger partial charge < -0.3 is 9.84 Å². The van der Waals surface area contributed by atoms with E-state index in [9.17, 15) is 9.50 Å². The third kappa shape index (κ3) is 2.97. The smallest absolute Gasteiger partial charge is 0.165 e. The van der Waals surface area contributed by atoms with Crippen LogP contribution in [0.1, 0.15) is 38.7 Å². The Balaban J connectivity index is 2.03. The van der Waals surface area contributed by atoms with E-state index in [1.54, 1.807) is 26.0 Å². The molecule has 1 aliphatic rings. The molecule has 1 aliphatic carbocycles. The van der Waals surface area contributed by atoms with Gasteiger partial charge in [0.15, 0.2) is 11.6 Å². The first-order valence-corrected chi connectivity index (χ1v) is 6.12. The summed E-state index contributed by atoms with van der Waals surface area (Å²) in [6, 6.07) is 4.65. The van der Waals surface area contributed by atoms with E-state index >= 15 is 0 Å². The summed E-state index contributed by atoms with van der Waals surface area (Å²) in [4.78, 5) is 0. The number of aliphatic hydroxyl groups is 1. The molecule has 1 fully saturated rings. The lowest BCUT2D eigenvalue weighted by atomic mass is 9.86. The van der Waals surface area contributed by atoms with E-state index < -0.39 is 11.4 Å². The number of hydrogen-bond acceptors (Lipinski definition) is 2. The van der Waals surface area contributed by atoms with Gasteiger partial charge in [-0.3, -0.25) is 0 Å². The highest BCUT2D eigenvalue weighted by atomic mass is 19.1. The van der Waals surface area contributed by atoms with Crippen LogP contribution in [0.2, 0.25) is 0 Å². The second-order valence-electron chi connectivity index (χ2n) is 5.31. The quantitative estimate of drug-likeness (QED) is 0.872. The molecular formula is C14H19FO2. The van der Waals surface area contributed by atoms with Crippen LogP contribution in [-0.2, 0) is 5.60 Å². The molecule has 0 atom stereocenters. The fraction of sp³-hybridized carbons (Fsp3) is 0.571. The van der Waals surface area contributed by atoms with E-state index in [0.29, 0.717) is 18.1 Å². The summed E-state index contributed by atoms with van der Waals surface area (Å²) in [7, 11) is 0. The van der Waals surface area contributed by atoms with E-state index in [1.165, 1.54) is 25.3 Å². The number of rotatable bonds is 4. The summed E-state index contributed by atoms with van der Waals surface area (Å²) in [5, 5.41) is 9.76. The van der Waals surface area contributed by atoms with E-state index in [-0.39, 0.29) is 5.75 Å². The van der Waals surface area contributed by atoms with Crippen LogP contribution in [0.25, 0.3) is 0 Å². The lowest BCUT2D eigenvalue weighted by Crippen LogP contribution is -2.20. The van der Waals surface area contributed by atoms with Crippen LogP contribution >= 0.6 is 0 Å². The molecule has 1 saturated carbocycles. The van der Waals surface area contributed by atoms with E-state index in [2.05, 4.69) is 0 Å². The Labute approximate surface area is 101 Å². The van der Waals surface area contributed by atoms with Gasteiger partial charge in [-0.1, -0.05) is 12.5 Å². The first-order valence-electron chi connectivity index (χ1n) is 6.12. The fourth-order valence-corrected chi connectivity index (χ4v) is 1.87. The largest absolute Gasteiger partial charge is 0.490 e. The topological polar surface area (TPSA) is 29.5 Å². The highest BCUT2D eigenvalue weighted by molar-refractivity contribution is 5.31. The van der Waals surface area contributed by atoms with Crippen LogP contribution in [0.4, 0.5) is 4.39 Å². The summed E-state index contributed by atoms with van der Waals surface area (Å²) in [5.41, 5.74) is -0.459. The van der Waals surface area contributed by atoms with Gasteiger partial charge in [0.2, 0.25) is 0 Å².